The summed E-state index contributed by atoms with van der Waals surface area (Å²) in [6, 6.07) is 14.5. The molecule has 0 aliphatic rings. The van der Waals surface area contributed by atoms with Gasteiger partial charge in [0.15, 0.2) is 0 Å². The predicted octanol–water partition coefficient (Wildman–Crippen LogP) is 5.87. The van der Waals surface area contributed by atoms with Crippen LogP contribution in [0, 0.1) is 13.8 Å². The Hall–Kier alpha value is -2.54. The first kappa shape index (κ1) is 23.1. The number of likely N-dealkylation sites (N-methyl/N-ethyl adjacent to an activating group) is 1. The number of halogens is 2. The molecule has 0 bridgehead atoms. The molecule has 1 N–H and O–H groups in total. The third-order valence-electron chi connectivity index (χ3n) is 4.65. The summed E-state index contributed by atoms with van der Waals surface area (Å²) in [4.78, 5) is 32.2. The van der Waals surface area contributed by atoms with Gasteiger partial charge in [0.2, 0.25) is 5.91 Å². The number of hydrogen-bond acceptors (Lipinski definition) is 4. The zero-order valence-corrected chi connectivity index (χ0v) is 19.6. The lowest BCUT2D eigenvalue weighted by molar-refractivity contribution is -0.116. The van der Waals surface area contributed by atoms with E-state index in [9.17, 15) is 9.59 Å². The first-order chi connectivity index (χ1) is 14.8. The van der Waals surface area contributed by atoms with Gasteiger partial charge in [-0.1, -0.05) is 47.1 Å². The van der Waals surface area contributed by atoms with Gasteiger partial charge in [0.25, 0.3) is 5.91 Å². The van der Waals surface area contributed by atoms with Crippen LogP contribution in [0.4, 0.5) is 5.69 Å². The number of nitrogens with zero attached hydrogens (tertiary/aromatic N) is 2. The maximum atomic E-state index is 13.0. The zero-order valence-electron chi connectivity index (χ0n) is 17.3. The van der Waals surface area contributed by atoms with Crippen molar-refractivity contribution < 1.29 is 9.59 Å². The fourth-order valence-corrected chi connectivity index (χ4v) is 4.28. The Balaban J connectivity index is 1.73. The molecule has 0 spiro atoms. The minimum Gasteiger partial charge on any atom is -0.332 e. The third kappa shape index (κ3) is 5.79. The van der Waals surface area contributed by atoms with E-state index in [0.29, 0.717) is 26.3 Å². The van der Waals surface area contributed by atoms with Crippen molar-refractivity contribution in [1.29, 1.82) is 0 Å². The van der Waals surface area contributed by atoms with Gasteiger partial charge in [0.1, 0.15) is 5.03 Å². The average molecular weight is 474 g/mol. The van der Waals surface area contributed by atoms with Gasteiger partial charge >= 0.3 is 0 Å². The van der Waals surface area contributed by atoms with Crippen LogP contribution in [0.5, 0.6) is 0 Å². The average Bonchev–Trinajstić information content (AvgIpc) is 2.73. The summed E-state index contributed by atoms with van der Waals surface area (Å²) >= 11 is 13.6. The smallest absolute Gasteiger partial charge is 0.256 e. The first-order valence-electron chi connectivity index (χ1n) is 9.45. The Morgan fingerprint density at radius 3 is 2.42 bits per heavy atom. The van der Waals surface area contributed by atoms with Crippen LogP contribution in [-0.4, -0.2) is 35.3 Å². The maximum absolute atomic E-state index is 13.0. The molecule has 1 aromatic heterocycles. The molecule has 0 saturated heterocycles. The fraction of sp³-hybridized carbons (Fsp3) is 0.174. The van der Waals surface area contributed by atoms with Crippen molar-refractivity contribution in [3.8, 4) is 0 Å². The number of carbonyl (C=O) groups excluding carboxylic acids is 2. The highest BCUT2D eigenvalue weighted by Crippen LogP contribution is 2.31. The second-order valence-corrected chi connectivity index (χ2v) is 8.89. The molecule has 31 heavy (non-hydrogen) atoms. The van der Waals surface area contributed by atoms with Gasteiger partial charge in [-0.15, -0.1) is 0 Å². The molecule has 0 unspecified atom stereocenters. The summed E-state index contributed by atoms with van der Waals surface area (Å²) in [5.74, 6) is -0.710. The second kappa shape index (κ2) is 10.2. The van der Waals surface area contributed by atoms with Crippen molar-refractivity contribution in [3.05, 3.63) is 81.5 Å². The zero-order chi connectivity index (χ0) is 22.5. The molecule has 0 fully saturated rings. The Labute approximate surface area is 195 Å². The van der Waals surface area contributed by atoms with Gasteiger partial charge < -0.3 is 10.2 Å². The predicted molar refractivity (Wildman–Crippen MR) is 126 cm³/mol. The standard InChI is InChI=1S/C23H21Cl2N3O2S/c1-14-9-10-16(12-15(14)2)31-22-17(6-5-11-26-22)23(30)28(3)13-20(29)27-21-18(24)7-4-8-19(21)25/h4-12H,13H2,1-3H3,(H,27,29). The third-order valence-corrected chi connectivity index (χ3v) is 6.29. The highest BCUT2D eigenvalue weighted by molar-refractivity contribution is 7.99. The van der Waals surface area contributed by atoms with Crippen LogP contribution in [0.25, 0.3) is 0 Å². The van der Waals surface area contributed by atoms with Crippen molar-refractivity contribution in [1.82, 2.24) is 9.88 Å². The van der Waals surface area contributed by atoms with Crippen molar-refractivity contribution in [2.75, 3.05) is 18.9 Å². The molecule has 0 radical (unpaired) electrons. The summed E-state index contributed by atoms with van der Waals surface area (Å²) < 4.78 is 0. The number of carbonyl (C=O) groups is 2. The maximum Gasteiger partial charge on any atom is 0.256 e. The summed E-state index contributed by atoms with van der Waals surface area (Å²) in [5, 5.41) is 3.90. The molecule has 0 saturated carbocycles. The van der Waals surface area contributed by atoms with E-state index in [1.807, 2.05) is 19.1 Å². The Morgan fingerprint density at radius 1 is 1.03 bits per heavy atom. The minimum absolute atomic E-state index is 0.164. The minimum atomic E-state index is -0.405. The van der Waals surface area contributed by atoms with Gasteiger partial charge in [-0.2, -0.15) is 0 Å². The number of rotatable bonds is 6. The normalized spacial score (nSPS) is 10.6. The molecule has 0 aliphatic heterocycles. The SMILES string of the molecule is Cc1ccc(Sc2ncccc2C(=O)N(C)CC(=O)Nc2c(Cl)cccc2Cl)cc1C. The van der Waals surface area contributed by atoms with Crippen LogP contribution < -0.4 is 5.32 Å². The molecular formula is C23H21Cl2N3O2S. The van der Waals surface area contributed by atoms with Crippen molar-refractivity contribution in [2.45, 2.75) is 23.8 Å². The molecule has 3 aromatic rings. The molecule has 0 atom stereocenters. The number of aromatic nitrogens is 1. The van der Waals surface area contributed by atoms with Crippen LogP contribution in [0.15, 0.2) is 64.6 Å². The fourth-order valence-electron chi connectivity index (χ4n) is 2.81. The Morgan fingerprint density at radius 2 is 1.74 bits per heavy atom. The summed E-state index contributed by atoms with van der Waals surface area (Å²) in [6.07, 6.45) is 1.65. The molecule has 0 aliphatic carbocycles. The molecule has 2 aromatic carbocycles. The monoisotopic (exact) mass is 473 g/mol. The largest absolute Gasteiger partial charge is 0.332 e. The van der Waals surface area contributed by atoms with E-state index in [-0.39, 0.29) is 12.5 Å². The Kier molecular flexibility index (Phi) is 7.59. The van der Waals surface area contributed by atoms with Crippen LogP contribution in [0.2, 0.25) is 10.0 Å². The number of para-hydroxylation sites is 1. The number of anilines is 1. The van der Waals surface area contributed by atoms with Crippen LogP contribution in [0.3, 0.4) is 0 Å². The lowest BCUT2D eigenvalue weighted by Gasteiger charge is -2.19. The van der Waals surface area contributed by atoms with Crippen molar-refractivity contribution >= 4 is 52.5 Å². The van der Waals surface area contributed by atoms with E-state index in [1.165, 1.54) is 27.8 Å². The number of pyridine rings is 1. The first-order valence-corrected chi connectivity index (χ1v) is 11.0. The number of hydrogen-bond donors (Lipinski definition) is 1. The molecule has 2 amide bonds. The molecule has 5 nitrogen and oxygen atoms in total. The van der Waals surface area contributed by atoms with Gasteiger partial charge in [0.05, 0.1) is 27.8 Å². The number of nitrogens with one attached hydrogen (secondary N) is 1. The summed E-state index contributed by atoms with van der Waals surface area (Å²) in [7, 11) is 1.56. The molecule has 1 heterocycles. The Bertz CT molecular complexity index is 1120. The van der Waals surface area contributed by atoms with Gasteiger partial charge in [0, 0.05) is 18.1 Å². The van der Waals surface area contributed by atoms with E-state index in [4.69, 9.17) is 23.2 Å². The van der Waals surface area contributed by atoms with E-state index in [2.05, 4.69) is 23.3 Å². The quantitative estimate of drug-likeness (QED) is 0.486. The lowest BCUT2D eigenvalue weighted by atomic mass is 10.1. The van der Waals surface area contributed by atoms with E-state index < -0.39 is 5.91 Å². The van der Waals surface area contributed by atoms with Crippen LogP contribution >= 0.6 is 35.0 Å². The van der Waals surface area contributed by atoms with Crippen molar-refractivity contribution in [2.24, 2.45) is 0 Å². The molecule has 8 heteroatoms. The molecule has 3 rings (SSSR count). The van der Waals surface area contributed by atoms with Crippen molar-refractivity contribution in [3.63, 3.8) is 0 Å². The summed E-state index contributed by atoms with van der Waals surface area (Å²) in [6.45, 7) is 3.93. The highest BCUT2D eigenvalue weighted by Gasteiger charge is 2.20. The molecule has 160 valence electrons. The number of benzene rings is 2. The van der Waals surface area contributed by atoms with Gasteiger partial charge in [-0.25, -0.2) is 4.98 Å². The van der Waals surface area contributed by atoms with Gasteiger partial charge in [-0.3, -0.25) is 9.59 Å². The molecular weight excluding hydrogens is 453 g/mol. The number of amides is 2. The van der Waals surface area contributed by atoms with Crippen LogP contribution in [-0.2, 0) is 4.79 Å². The van der Waals surface area contributed by atoms with Crippen LogP contribution in [0.1, 0.15) is 21.5 Å². The topological polar surface area (TPSA) is 62.3 Å². The highest BCUT2D eigenvalue weighted by atomic mass is 35.5. The summed E-state index contributed by atoms with van der Waals surface area (Å²) in [5.41, 5.74) is 3.12. The van der Waals surface area contributed by atoms with E-state index in [0.717, 1.165) is 4.90 Å². The second-order valence-electron chi connectivity index (χ2n) is 7.01. The van der Waals surface area contributed by atoms with Gasteiger partial charge in [-0.05, 0) is 61.4 Å². The van der Waals surface area contributed by atoms with E-state index in [1.54, 1.807) is 43.6 Å². The van der Waals surface area contributed by atoms with E-state index >= 15 is 0 Å². The number of aryl methyl sites for hydroxylation is 2. The lowest BCUT2D eigenvalue weighted by Crippen LogP contribution is -2.35.